The van der Waals surface area contributed by atoms with Crippen LogP contribution in [-0.4, -0.2) is 16.9 Å². The van der Waals surface area contributed by atoms with E-state index in [-0.39, 0.29) is 0 Å². The van der Waals surface area contributed by atoms with Crippen LogP contribution in [0.2, 0.25) is 0 Å². The van der Waals surface area contributed by atoms with Crippen molar-refractivity contribution in [1.82, 2.24) is 4.90 Å². The molecule has 0 fully saturated rings. The molecule has 5 heteroatoms. The molecule has 0 unspecified atom stereocenters. The van der Waals surface area contributed by atoms with Crippen molar-refractivity contribution in [3.05, 3.63) is 55.7 Å². The number of hydrogen-bond acceptors (Lipinski definition) is 3. The van der Waals surface area contributed by atoms with Crippen LogP contribution in [0.4, 0.5) is 0 Å². The lowest BCUT2D eigenvalue weighted by Gasteiger charge is -2.18. The molecule has 20 heavy (non-hydrogen) atoms. The highest BCUT2D eigenvalue weighted by atomic mass is 79.9. The lowest BCUT2D eigenvalue weighted by molar-refractivity contribution is 0.319. The highest BCUT2D eigenvalue weighted by Crippen LogP contribution is 2.22. The van der Waals surface area contributed by atoms with Gasteiger partial charge in [-0.1, -0.05) is 24.4 Å². The summed E-state index contributed by atoms with van der Waals surface area (Å²) in [5, 5.41) is 2.18. The summed E-state index contributed by atoms with van der Waals surface area (Å²) in [6.45, 7) is 3.96. The van der Waals surface area contributed by atoms with Gasteiger partial charge in [0.1, 0.15) is 4.99 Å². The van der Waals surface area contributed by atoms with E-state index in [4.69, 9.17) is 18.0 Å². The summed E-state index contributed by atoms with van der Waals surface area (Å²) >= 11 is 10.2. The van der Waals surface area contributed by atoms with E-state index in [1.807, 2.05) is 6.07 Å². The monoisotopic (exact) mass is 368 g/mol. The number of nitrogens with zero attached hydrogens (tertiary/aromatic N) is 1. The topological polar surface area (TPSA) is 29.3 Å². The normalized spacial score (nSPS) is 11.0. The van der Waals surface area contributed by atoms with Gasteiger partial charge in [-0.25, -0.2) is 0 Å². The summed E-state index contributed by atoms with van der Waals surface area (Å²) in [5.41, 5.74) is 10.5. The van der Waals surface area contributed by atoms with Gasteiger partial charge in [-0.3, -0.25) is 4.90 Å². The van der Waals surface area contributed by atoms with Gasteiger partial charge in [-0.2, -0.15) is 0 Å². The molecule has 0 aliphatic rings. The smallest absolute Gasteiger partial charge is 0.103 e. The van der Waals surface area contributed by atoms with Gasteiger partial charge in [0.05, 0.1) is 3.79 Å². The van der Waals surface area contributed by atoms with Gasteiger partial charge in [0.2, 0.25) is 0 Å². The Morgan fingerprint density at radius 3 is 2.65 bits per heavy atom. The number of thiocarbonyl (C=S) groups is 1. The SMILES string of the molecule is Cc1cc(C(N)=S)ccc1CN(C)Cc1csc(Br)c1. The minimum Gasteiger partial charge on any atom is -0.389 e. The third-order valence-electron chi connectivity index (χ3n) is 3.14. The Labute approximate surface area is 137 Å². The molecule has 0 radical (unpaired) electrons. The van der Waals surface area contributed by atoms with Crippen molar-refractivity contribution < 1.29 is 0 Å². The molecule has 2 rings (SSSR count). The molecule has 2 aromatic rings. The molecule has 0 saturated heterocycles. The number of hydrogen-bond donors (Lipinski definition) is 1. The van der Waals surface area contributed by atoms with Crippen molar-refractivity contribution >= 4 is 44.5 Å². The predicted octanol–water partition coefficient (Wildman–Crippen LogP) is 4.09. The van der Waals surface area contributed by atoms with E-state index < -0.39 is 0 Å². The van der Waals surface area contributed by atoms with Crippen LogP contribution in [0, 0.1) is 6.92 Å². The quantitative estimate of drug-likeness (QED) is 0.805. The second-order valence-corrected chi connectivity index (χ2v) is 7.67. The van der Waals surface area contributed by atoms with Crippen LogP contribution in [0.1, 0.15) is 22.3 Å². The molecule has 2 N–H and O–H groups in total. The second-order valence-electron chi connectivity index (χ2n) is 4.94. The maximum absolute atomic E-state index is 5.66. The fourth-order valence-electron chi connectivity index (χ4n) is 2.11. The standard InChI is InChI=1S/C15H17BrN2S2/c1-10-5-12(15(17)19)3-4-13(10)8-18(2)7-11-6-14(16)20-9-11/h3-6,9H,7-8H2,1-2H3,(H2,17,19). The van der Waals surface area contributed by atoms with E-state index in [1.54, 1.807) is 11.3 Å². The Hall–Kier alpha value is -0.750. The van der Waals surface area contributed by atoms with Gasteiger partial charge in [0.25, 0.3) is 0 Å². The van der Waals surface area contributed by atoms with Crippen LogP contribution in [0.3, 0.4) is 0 Å². The third kappa shape index (κ3) is 4.12. The maximum atomic E-state index is 5.66. The Balaban J connectivity index is 2.04. The number of aryl methyl sites for hydroxylation is 1. The van der Waals surface area contributed by atoms with Crippen molar-refractivity contribution in [3.8, 4) is 0 Å². The van der Waals surface area contributed by atoms with E-state index in [0.29, 0.717) is 4.99 Å². The van der Waals surface area contributed by atoms with Crippen molar-refractivity contribution in [3.63, 3.8) is 0 Å². The fourth-order valence-corrected chi connectivity index (χ4v) is 3.44. The number of benzene rings is 1. The molecule has 0 amide bonds. The van der Waals surface area contributed by atoms with Crippen molar-refractivity contribution in [2.24, 2.45) is 5.73 Å². The van der Waals surface area contributed by atoms with E-state index in [2.05, 4.69) is 58.4 Å². The van der Waals surface area contributed by atoms with E-state index in [9.17, 15) is 0 Å². The highest BCUT2D eigenvalue weighted by molar-refractivity contribution is 9.11. The van der Waals surface area contributed by atoms with Gasteiger partial charge in [-0.05, 0) is 64.1 Å². The molecule has 1 heterocycles. The first-order valence-corrected chi connectivity index (χ1v) is 8.34. The average Bonchev–Trinajstić information content (AvgIpc) is 2.77. The molecule has 0 saturated carbocycles. The van der Waals surface area contributed by atoms with Gasteiger partial charge >= 0.3 is 0 Å². The van der Waals surface area contributed by atoms with Gasteiger partial charge in [0, 0.05) is 18.7 Å². The second kappa shape index (κ2) is 6.80. The molecule has 0 bridgehead atoms. The molecule has 0 aliphatic carbocycles. The van der Waals surface area contributed by atoms with E-state index in [1.165, 1.54) is 20.5 Å². The number of thiophene rings is 1. The van der Waals surface area contributed by atoms with Crippen molar-refractivity contribution in [2.45, 2.75) is 20.0 Å². The Kier molecular flexibility index (Phi) is 5.32. The third-order valence-corrected chi connectivity index (χ3v) is 4.93. The zero-order valence-electron chi connectivity index (χ0n) is 11.5. The molecule has 106 valence electrons. The average molecular weight is 369 g/mol. The Morgan fingerprint density at radius 2 is 2.10 bits per heavy atom. The maximum Gasteiger partial charge on any atom is 0.103 e. The fraction of sp³-hybridized carbons (Fsp3) is 0.267. The molecule has 0 atom stereocenters. The molecular formula is C15H17BrN2S2. The van der Waals surface area contributed by atoms with Crippen molar-refractivity contribution in [2.75, 3.05) is 7.05 Å². The van der Waals surface area contributed by atoms with E-state index in [0.717, 1.165) is 18.7 Å². The Bertz CT molecular complexity index is 622. The highest BCUT2D eigenvalue weighted by Gasteiger charge is 2.07. The largest absolute Gasteiger partial charge is 0.389 e. The number of nitrogens with two attached hydrogens (primary N) is 1. The van der Waals surface area contributed by atoms with Crippen LogP contribution in [0.25, 0.3) is 0 Å². The van der Waals surface area contributed by atoms with Gasteiger partial charge in [-0.15, -0.1) is 11.3 Å². The Morgan fingerprint density at radius 1 is 1.35 bits per heavy atom. The van der Waals surface area contributed by atoms with Crippen molar-refractivity contribution in [1.29, 1.82) is 0 Å². The first-order chi connectivity index (χ1) is 9.45. The summed E-state index contributed by atoms with van der Waals surface area (Å²) < 4.78 is 1.18. The minimum absolute atomic E-state index is 0.455. The molecule has 1 aromatic heterocycles. The van der Waals surface area contributed by atoms with Crippen LogP contribution >= 0.6 is 39.5 Å². The van der Waals surface area contributed by atoms with Gasteiger partial charge < -0.3 is 5.73 Å². The molecular weight excluding hydrogens is 352 g/mol. The van der Waals surface area contributed by atoms with Crippen LogP contribution in [-0.2, 0) is 13.1 Å². The number of rotatable bonds is 5. The van der Waals surface area contributed by atoms with Gasteiger partial charge in [0.15, 0.2) is 0 Å². The summed E-state index contributed by atoms with van der Waals surface area (Å²) in [4.78, 5) is 2.76. The molecule has 2 nitrogen and oxygen atoms in total. The van der Waals surface area contributed by atoms with Crippen LogP contribution in [0.15, 0.2) is 33.4 Å². The minimum atomic E-state index is 0.455. The van der Waals surface area contributed by atoms with Crippen LogP contribution in [0.5, 0.6) is 0 Å². The first kappa shape index (κ1) is 15.6. The molecule has 0 spiro atoms. The van der Waals surface area contributed by atoms with Crippen LogP contribution < -0.4 is 5.73 Å². The zero-order chi connectivity index (χ0) is 14.7. The lowest BCUT2D eigenvalue weighted by atomic mass is 10.0. The summed E-state index contributed by atoms with van der Waals surface area (Å²) in [5.74, 6) is 0. The first-order valence-electron chi connectivity index (χ1n) is 6.26. The zero-order valence-corrected chi connectivity index (χ0v) is 14.7. The lowest BCUT2D eigenvalue weighted by Crippen LogP contribution is -2.18. The molecule has 0 aliphatic heterocycles. The predicted molar refractivity (Wildman–Crippen MR) is 94.3 cm³/mol. The number of halogens is 1. The molecule has 1 aromatic carbocycles. The van der Waals surface area contributed by atoms with E-state index >= 15 is 0 Å². The summed E-state index contributed by atoms with van der Waals surface area (Å²) in [7, 11) is 2.13. The summed E-state index contributed by atoms with van der Waals surface area (Å²) in [6.07, 6.45) is 0. The summed E-state index contributed by atoms with van der Waals surface area (Å²) in [6, 6.07) is 8.35.